The molecule has 2 rings (SSSR count). The lowest BCUT2D eigenvalue weighted by molar-refractivity contribution is 0.277. The fraction of sp³-hybridized carbons (Fsp3) is 0.833. The minimum Gasteiger partial charge on any atom is -0.0998 e. The van der Waals surface area contributed by atoms with Gasteiger partial charge in [0.1, 0.15) is 0 Å². The Balaban J connectivity index is 0.000000336. The second-order valence-electron chi connectivity index (χ2n) is 3.96. The van der Waals surface area contributed by atoms with Gasteiger partial charge in [0.2, 0.25) is 0 Å². The minimum atomic E-state index is 1.04. The molecule has 70 valence electrons. The smallest absolute Gasteiger partial charge is 0.0292 e. The van der Waals surface area contributed by atoms with E-state index in [4.69, 9.17) is 0 Å². The second-order valence-corrected chi connectivity index (χ2v) is 3.96. The van der Waals surface area contributed by atoms with E-state index in [9.17, 15) is 0 Å². The highest BCUT2D eigenvalue weighted by Gasteiger charge is 2.30. The van der Waals surface area contributed by atoms with Crippen LogP contribution in [0.3, 0.4) is 0 Å². The predicted octanol–water partition coefficient (Wildman–Crippen LogP) is 4.17. The molecule has 0 nitrogen and oxygen atoms in total. The molecule has 2 atom stereocenters. The van der Waals surface area contributed by atoms with Crippen LogP contribution in [0.4, 0.5) is 0 Å². The number of allylic oxidation sites excluding steroid dienone is 1. The molecular formula is C12H22. The first kappa shape index (κ1) is 9.83. The third-order valence-corrected chi connectivity index (χ3v) is 3.17. The summed E-state index contributed by atoms with van der Waals surface area (Å²) in [5.41, 5.74) is 1.52. The normalized spacial score (nSPS) is 33.7. The summed E-state index contributed by atoms with van der Waals surface area (Å²) in [7, 11) is 0. The van der Waals surface area contributed by atoms with Gasteiger partial charge in [-0.2, -0.15) is 0 Å². The second kappa shape index (κ2) is 4.69. The first-order valence-electron chi connectivity index (χ1n) is 5.53. The van der Waals surface area contributed by atoms with Crippen LogP contribution < -0.4 is 0 Å². The minimum absolute atomic E-state index is 1.04. The van der Waals surface area contributed by atoms with Crippen molar-refractivity contribution in [3.05, 3.63) is 12.2 Å². The number of hydrogen-bond donors (Lipinski definition) is 0. The average Bonchev–Trinajstić information content (AvgIpc) is 2.48. The van der Waals surface area contributed by atoms with Gasteiger partial charge >= 0.3 is 0 Å². The first-order chi connectivity index (χ1) is 5.86. The predicted molar refractivity (Wildman–Crippen MR) is 55.2 cm³/mol. The average molecular weight is 166 g/mol. The molecule has 0 aromatic rings. The lowest BCUT2D eigenvalue weighted by atomic mass is 9.82. The van der Waals surface area contributed by atoms with E-state index in [0.717, 1.165) is 11.8 Å². The van der Waals surface area contributed by atoms with Crippen molar-refractivity contribution in [1.82, 2.24) is 0 Å². The molecule has 2 aliphatic carbocycles. The number of fused-ring (bicyclic) bond motifs is 1. The Labute approximate surface area is 77.1 Å². The molecule has 2 unspecified atom stereocenters. The summed E-state index contributed by atoms with van der Waals surface area (Å²) in [4.78, 5) is 0. The Kier molecular flexibility index (Phi) is 3.84. The molecule has 0 aromatic carbocycles. The number of rotatable bonds is 0. The molecular weight excluding hydrogens is 144 g/mol. The van der Waals surface area contributed by atoms with E-state index in [1.165, 1.54) is 44.1 Å². The molecule has 2 fully saturated rings. The fourth-order valence-electron chi connectivity index (χ4n) is 2.65. The summed E-state index contributed by atoms with van der Waals surface area (Å²) in [5, 5.41) is 0. The zero-order valence-electron chi connectivity index (χ0n) is 8.60. The lowest BCUT2D eigenvalue weighted by Gasteiger charge is -2.23. The van der Waals surface area contributed by atoms with Gasteiger partial charge in [0, 0.05) is 0 Å². The van der Waals surface area contributed by atoms with Crippen molar-refractivity contribution in [3.8, 4) is 0 Å². The van der Waals surface area contributed by atoms with Crippen LogP contribution in [-0.2, 0) is 0 Å². The van der Waals surface area contributed by atoms with Crippen LogP contribution in [0.2, 0.25) is 0 Å². The van der Waals surface area contributed by atoms with Crippen molar-refractivity contribution in [2.45, 2.75) is 52.4 Å². The van der Waals surface area contributed by atoms with Gasteiger partial charge in [0.25, 0.3) is 0 Å². The first-order valence-corrected chi connectivity index (χ1v) is 5.53. The van der Waals surface area contributed by atoms with Crippen LogP contribution in [0.15, 0.2) is 12.2 Å². The van der Waals surface area contributed by atoms with E-state index >= 15 is 0 Å². The maximum absolute atomic E-state index is 4.08. The third-order valence-electron chi connectivity index (χ3n) is 3.17. The SMILES string of the molecule is C=C1CC2CCCCC2C1.CC. The molecule has 0 aromatic heterocycles. The van der Waals surface area contributed by atoms with Gasteiger partial charge in [-0.15, -0.1) is 0 Å². The quantitative estimate of drug-likeness (QED) is 0.474. The van der Waals surface area contributed by atoms with Crippen molar-refractivity contribution in [1.29, 1.82) is 0 Å². The summed E-state index contributed by atoms with van der Waals surface area (Å²) < 4.78 is 0. The Morgan fingerprint density at radius 1 is 1.00 bits per heavy atom. The molecule has 0 bridgehead atoms. The van der Waals surface area contributed by atoms with Crippen molar-refractivity contribution >= 4 is 0 Å². The maximum Gasteiger partial charge on any atom is -0.0292 e. The van der Waals surface area contributed by atoms with Crippen LogP contribution in [0.1, 0.15) is 52.4 Å². The van der Waals surface area contributed by atoms with Gasteiger partial charge < -0.3 is 0 Å². The Morgan fingerprint density at radius 2 is 1.42 bits per heavy atom. The molecule has 0 N–H and O–H groups in total. The van der Waals surface area contributed by atoms with Crippen molar-refractivity contribution in [3.63, 3.8) is 0 Å². The molecule has 0 heteroatoms. The molecule has 0 amide bonds. The summed E-state index contributed by atoms with van der Waals surface area (Å²) in [6.45, 7) is 8.08. The highest BCUT2D eigenvalue weighted by atomic mass is 14.4. The highest BCUT2D eigenvalue weighted by Crippen LogP contribution is 2.43. The highest BCUT2D eigenvalue weighted by molar-refractivity contribution is 5.06. The topological polar surface area (TPSA) is 0 Å². The van der Waals surface area contributed by atoms with E-state index in [1.807, 2.05) is 13.8 Å². The summed E-state index contributed by atoms with van der Waals surface area (Å²) in [6.07, 6.45) is 8.64. The fourth-order valence-corrected chi connectivity index (χ4v) is 2.65. The van der Waals surface area contributed by atoms with Gasteiger partial charge in [0.15, 0.2) is 0 Å². The van der Waals surface area contributed by atoms with Gasteiger partial charge in [0.05, 0.1) is 0 Å². The molecule has 0 radical (unpaired) electrons. The van der Waals surface area contributed by atoms with Gasteiger partial charge in [-0.25, -0.2) is 0 Å². The van der Waals surface area contributed by atoms with Crippen molar-refractivity contribution in [2.75, 3.05) is 0 Å². The van der Waals surface area contributed by atoms with E-state index < -0.39 is 0 Å². The van der Waals surface area contributed by atoms with E-state index in [-0.39, 0.29) is 0 Å². The van der Waals surface area contributed by atoms with Crippen molar-refractivity contribution in [2.24, 2.45) is 11.8 Å². The van der Waals surface area contributed by atoms with Crippen LogP contribution in [-0.4, -0.2) is 0 Å². The summed E-state index contributed by atoms with van der Waals surface area (Å²) >= 11 is 0. The Bertz CT molecular complexity index is 130. The largest absolute Gasteiger partial charge is 0.0998 e. The molecule has 0 spiro atoms. The third kappa shape index (κ3) is 2.12. The van der Waals surface area contributed by atoms with Crippen LogP contribution in [0, 0.1) is 11.8 Å². The number of hydrogen-bond acceptors (Lipinski definition) is 0. The maximum atomic E-state index is 4.08. The summed E-state index contributed by atoms with van der Waals surface area (Å²) in [5.74, 6) is 2.09. The van der Waals surface area contributed by atoms with Crippen LogP contribution >= 0.6 is 0 Å². The molecule has 2 saturated carbocycles. The molecule has 12 heavy (non-hydrogen) atoms. The Hall–Kier alpha value is -0.260. The Morgan fingerprint density at radius 3 is 1.83 bits per heavy atom. The molecule has 2 aliphatic rings. The van der Waals surface area contributed by atoms with E-state index in [0.29, 0.717) is 0 Å². The molecule has 0 saturated heterocycles. The lowest BCUT2D eigenvalue weighted by Crippen LogP contribution is -2.12. The van der Waals surface area contributed by atoms with E-state index in [1.54, 1.807) is 0 Å². The van der Waals surface area contributed by atoms with E-state index in [2.05, 4.69) is 6.58 Å². The van der Waals surface area contributed by atoms with Crippen LogP contribution in [0.5, 0.6) is 0 Å². The van der Waals surface area contributed by atoms with Crippen LogP contribution in [0.25, 0.3) is 0 Å². The van der Waals surface area contributed by atoms with Gasteiger partial charge in [-0.3, -0.25) is 0 Å². The summed E-state index contributed by atoms with van der Waals surface area (Å²) in [6, 6.07) is 0. The monoisotopic (exact) mass is 166 g/mol. The standard InChI is InChI=1S/C10H16.C2H6/c1-8-6-9-4-2-3-5-10(9)7-8;1-2/h9-10H,1-7H2;1-2H3. The van der Waals surface area contributed by atoms with Gasteiger partial charge in [-0.05, 0) is 37.5 Å². The zero-order chi connectivity index (χ0) is 8.97. The van der Waals surface area contributed by atoms with Gasteiger partial charge in [-0.1, -0.05) is 38.8 Å². The molecule has 0 heterocycles. The van der Waals surface area contributed by atoms with Crippen molar-refractivity contribution < 1.29 is 0 Å². The zero-order valence-corrected chi connectivity index (χ0v) is 8.60. The molecule has 0 aliphatic heterocycles.